The Morgan fingerprint density at radius 2 is 1.75 bits per heavy atom. The van der Waals surface area contributed by atoms with Gasteiger partial charge in [-0.05, 0) is 31.0 Å². The number of aliphatic hydroxyl groups is 1. The fourth-order valence-corrected chi connectivity index (χ4v) is 2.52. The van der Waals surface area contributed by atoms with E-state index in [1.165, 1.54) is 22.3 Å². The second kappa shape index (κ2) is 7.17. The van der Waals surface area contributed by atoms with Crippen LogP contribution < -0.4 is 0 Å². The number of hydrogen-bond acceptors (Lipinski definition) is 3. The highest BCUT2D eigenvalue weighted by Gasteiger charge is 2.07. The number of aryl methyl sites for hydroxylation is 2. The first-order valence-corrected chi connectivity index (χ1v) is 6.96. The lowest BCUT2D eigenvalue weighted by molar-refractivity contribution is 0.184. The van der Waals surface area contributed by atoms with E-state index >= 15 is 0 Å². The summed E-state index contributed by atoms with van der Waals surface area (Å²) in [4.78, 5) is 6.39. The van der Waals surface area contributed by atoms with Crippen molar-refractivity contribution in [3.8, 4) is 0 Å². The predicted octanol–water partition coefficient (Wildman–Crippen LogP) is 2.69. The van der Waals surface area contributed by atoms with Crippen LogP contribution >= 0.6 is 0 Å². The smallest absolute Gasteiger partial charge is 0.0558 e. The maximum absolute atomic E-state index is 9.24. The lowest BCUT2D eigenvalue weighted by atomic mass is 10.1. The Bertz CT molecular complexity index is 520. The van der Waals surface area contributed by atoms with E-state index in [4.69, 9.17) is 0 Å². The zero-order chi connectivity index (χ0) is 14.4. The molecule has 0 saturated heterocycles. The van der Waals surface area contributed by atoms with Gasteiger partial charge in [-0.1, -0.05) is 35.4 Å². The van der Waals surface area contributed by atoms with Gasteiger partial charge in [0.15, 0.2) is 0 Å². The number of rotatable bonds is 6. The summed E-state index contributed by atoms with van der Waals surface area (Å²) in [6, 6.07) is 10.6. The van der Waals surface area contributed by atoms with Crippen LogP contribution in [0.5, 0.6) is 0 Å². The molecule has 0 spiro atoms. The molecule has 0 aliphatic carbocycles. The van der Waals surface area contributed by atoms with Crippen LogP contribution in [-0.2, 0) is 13.1 Å². The first-order valence-electron chi connectivity index (χ1n) is 6.96. The van der Waals surface area contributed by atoms with Crippen molar-refractivity contribution in [3.05, 3.63) is 65.0 Å². The maximum Gasteiger partial charge on any atom is 0.0558 e. The minimum atomic E-state index is 0.172. The van der Waals surface area contributed by atoms with E-state index in [1.54, 1.807) is 6.20 Å². The number of aliphatic hydroxyl groups excluding tert-OH is 1. The topological polar surface area (TPSA) is 36.4 Å². The third-order valence-corrected chi connectivity index (χ3v) is 3.23. The van der Waals surface area contributed by atoms with Gasteiger partial charge in [0.05, 0.1) is 6.61 Å². The molecule has 0 saturated carbocycles. The van der Waals surface area contributed by atoms with E-state index in [0.717, 1.165) is 13.1 Å². The van der Waals surface area contributed by atoms with Gasteiger partial charge in [0.2, 0.25) is 0 Å². The van der Waals surface area contributed by atoms with Crippen molar-refractivity contribution in [1.82, 2.24) is 9.88 Å². The Morgan fingerprint density at radius 3 is 2.35 bits per heavy atom. The standard InChI is InChI=1S/C17H22N2O/c1-14-8-15(2)10-17(9-14)13-19(6-7-20)12-16-4-3-5-18-11-16/h3-5,8-11,20H,6-7,12-13H2,1-2H3. The first kappa shape index (κ1) is 14.7. The van der Waals surface area contributed by atoms with Crippen molar-refractivity contribution >= 4 is 0 Å². The zero-order valence-electron chi connectivity index (χ0n) is 12.2. The highest BCUT2D eigenvalue weighted by Crippen LogP contribution is 2.13. The van der Waals surface area contributed by atoms with Crippen LogP contribution in [0, 0.1) is 13.8 Å². The summed E-state index contributed by atoms with van der Waals surface area (Å²) in [5, 5.41) is 9.24. The summed E-state index contributed by atoms with van der Waals surface area (Å²) < 4.78 is 0. The van der Waals surface area contributed by atoms with Gasteiger partial charge >= 0.3 is 0 Å². The molecule has 3 heteroatoms. The van der Waals surface area contributed by atoms with Crippen LogP contribution in [0.3, 0.4) is 0 Å². The Kier molecular flexibility index (Phi) is 5.27. The van der Waals surface area contributed by atoms with Crippen molar-refractivity contribution < 1.29 is 5.11 Å². The molecule has 3 nitrogen and oxygen atoms in total. The lowest BCUT2D eigenvalue weighted by Gasteiger charge is -2.21. The molecule has 0 radical (unpaired) electrons. The maximum atomic E-state index is 9.24. The van der Waals surface area contributed by atoms with Gasteiger partial charge in [0, 0.05) is 32.0 Å². The van der Waals surface area contributed by atoms with Gasteiger partial charge in [-0.3, -0.25) is 9.88 Å². The fraction of sp³-hybridized carbons (Fsp3) is 0.353. The predicted molar refractivity (Wildman–Crippen MR) is 81.4 cm³/mol. The van der Waals surface area contributed by atoms with E-state index in [2.05, 4.69) is 48.0 Å². The Hall–Kier alpha value is -1.71. The molecule has 2 rings (SSSR count). The molecule has 0 unspecified atom stereocenters. The molecule has 0 bridgehead atoms. The van der Waals surface area contributed by atoms with Gasteiger partial charge in [-0.15, -0.1) is 0 Å². The quantitative estimate of drug-likeness (QED) is 0.876. The Morgan fingerprint density at radius 1 is 1.05 bits per heavy atom. The van der Waals surface area contributed by atoms with E-state index in [1.807, 2.05) is 12.3 Å². The molecule has 0 amide bonds. The van der Waals surface area contributed by atoms with Crippen molar-refractivity contribution in [2.24, 2.45) is 0 Å². The number of aromatic nitrogens is 1. The van der Waals surface area contributed by atoms with Crippen LogP contribution in [0.15, 0.2) is 42.7 Å². The minimum absolute atomic E-state index is 0.172. The monoisotopic (exact) mass is 270 g/mol. The number of benzene rings is 1. The van der Waals surface area contributed by atoms with Crippen molar-refractivity contribution in [3.63, 3.8) is 0 Å². The third kappa shape index (κ3) is 4.44. The van der Waals surface area contributed by atoms with E-state index in [0.29, 0.717) is 6.54 Å². The van der Waals surface area contributed by atoms with Gasteiger partial charge in [0.25, 0.3) is 0 Å². The second-order valence-corrected chi connectivity index (χ2v) is 5.29. The largest absolute Gasteiger partial charge is 0.395 e. The minimum Gasteiger partial charge on any atom is -0.395 e. The molecule has 1 aromatic carbocycles. The summed E-state index contributed by atoms with van der Waals surface area (Å²) in [6.45, 7) is 6.73. The molecule has 106 valence electrons. The van der Waals surface area contributed by atoms with E-state index < -0.39 is 0 Å². The molecule has 2 aromatic rings. The van der Waals surface area contributed by atoms with Gasteiger partial charge in [-0.2, -0.15) is 0 Å². The third-order valence-electron chi connectivity index (χ3n) is 3.23. The molecular weight excluding hydrogens is 248 g/mol. The SMILES string of the molecule is Cc1cc(C)cc(CN(CCO)Cc2cccnc2)c1. The highest BCUT2D eigenvalue weighted by molar-refractivity contribution is 5.28. The van der Waals surface area contributed by atoms with Gasteiger partial charge < -0.3 is 5.11 Å². The Balaban J connectivity index is 2.08. The molecule has 1 aromatic heterocycles. The van der Waals surface area contributed by atoms with Gasteiger partial charge in [0.1, 0.15) is 0 Å². The second-order valence-electron chi connectivity index (χ2n) is 5.29. The van der Waals surface area contributed by atoms with Crippen LogP contribution in [0.25, 0.3) is 0 Å². The number of pyridine rings is 1. The Labute approximate surface area is 120 Å². The number of hydrogen-bond donors (Lipinski definition) is 1. The van der Waals surface area contributed by atoms with Crippen LogP contribution in [0.4, 0.5) is 0 Å². The summed E-state index contributed by atoms with van der Waals surface area (Å²) >= 11 is 0. The summed E-state index contributed by atoms with van der Waals surface area (Å²) in [6.07, 6.45) is 3.66. The molecule has 20 heavy (non-hydrogen) atoms. The summed E-state index contributed by atoms with van der Waals surface area (Å²) in [7, 11) is 0. The first-order chi connectivity index (χ1) is 9.67. The van der Waals surface area contributed by atoms with E-state index in [9.17, 15) is 5.11 Å². The van der Waals surface area contributed by atoms with E-state index in [-0.39, 0.29) is 6.61 Å². The molecule has 0 atom stereocenters. The molecule has 0 fully saturated rings. The normalized spacial score (nSPS) is 11.0. The summed E-state index contributed by atoms with van der Waals surface area (Å²) in [5.74, 6) is 0. The van der Waals surface area contributed by atoms with Crippen LogP contribution in [0.1, 0.15) is 22.3 Å². The highest BCUT2D eigenvalue weighted by atomic mass is 16.3. The molecule has 1 heterocycles. The molecule has 0 aliphatic heterocycles. The number of nitrogens with zero attached hydrogens (tertiary/aromatic N) is 2. The average Bonchev–Trinajstić information content (AvgIpc) is 2.39. The van der Waals surface area contributed by atoms with Crippen LogP contribution in [0.2, 0.25) is 0 Å². The zero-order valence-corrected chi connectivity index (χ0v) is 12.2. The van der Waals surface area contributed by atoms with Crippen molar-refractivity contribution in [2.75, 3.05) is 13.2 Å². The fourth-order valence-electron chi connectivity index (χ4n) is 2.52. The molecule has 0 aliphatic rings. The van der Waals surface area contributed by atoms with Crippen molar-refractivity contribution in [1.29, 1.82) is 0 Å². The van der Waals surface area contributed by atoms with Gasteiger partial charge in [-0.25, -0.2) is 0 Å². The summed E-state index contributed by atoms with van der Waals surface area (Å²) in [5.41, 5.74) is 5.03. The van der Waals surface area contributed by atoms with Crippen LogP contribution in [-0.4, -0.2) is 28.1 Å². The molecule has 1 N–H and O–H groups in total. The average molecular weight is 270 g/mol. The van der Waals surface area contributed by atoms with Crippen molar-refractivity contribution in [2.45, 2.75) is 26.9 Å². The molecular formula is C17H22N2O. The lowest BCUT2D eigenvalue weighted by Crippen LogP contribution is -2.26.